The highest BCUT2D eigenvalue weighted by Gasteiger charge is 2.43. The summed E-state index contributed by atoms with van der Waals surface area (Å²) in [5.74, 6) is 0. The van der Waals surface area contributed by atoms with Crippen LogP contribution in [-0.2, 0) is 10.8 Å². The number of pyridine rings is 2. The molecule has 4 aromatic carbocycles. The van der Waals surface area contributed by atoms with Gasteiger partial charge in [0.25, 0.3) is 0 Å². The zero-order valence-corrected chi connectivity index (χ0v) is 46.5. The first kappa shape index (κ1) is 54.9. The Kier molecular flexibility index (Phi) is 21.2. The third-order valence-corrected chi connectivity index (χ3v) is 17.2. The zero-order chi connectivity index (χ0) is 51.3. The lowest BCUT2D eigenvalue weighted by atomic mass is 9.70. The van der Waals surface area contributed by atoms with Crippen LogP contribution in [0.25, 0.3) is 57.7 Å². The number of hydrogen-bond acceptors (Lipinski definition) is 2. The third-order valence-electron chi connectivity index (χ3n) is 17.2. The highest BCUT2D eigenvalue weighted by atomic mass is 14.6. The maximum absolute atomic E-state index is 4.77. The summed E-state index contributed by atoms with van der Waals surface area (Å²) in [7, 11) is 0. The lowest BCUT2D eigenvalue weighted by molar-refractivity contribution is 0.398. The van der Waals surface area contributed by atoms with E-state index in [0.717, 1.165) is 22.3 Å². The number of aromatic nitrogens is 2. The molecular formula is C72H92N2. The van der Waals surface area contributed by atoms with Gasteiger partial charge in [-0.25, -0.2) is 0 Å². The molecule has 2 heteroatoms. The van der Waals surface area contributed by atoms with Crippen LogP contribution in [-0.4, -0.2) is 9.97 Å². The maximum atomic E-state index is 4.77. The van der Waals surface area contributed by atoms with Crippen molar-refractivity contribution in [3.8, 4) is 33.4 Å². The van der Waals surface area contributed by atoms with Gasteiger partial charge in [-0.3, -0.25) is 9.97 Å². The summed E-state index contributed by atoms with van der Waals surface area (Å²) in [6, 6.07) is 37.9. The highest BCUT2D eigenvalue weighted by molar-refractivity contribution is 5.85. The van der Waals surface area contributed by atoms with Gasteiger partial charge < -0.3 is 0 Å². The van der Waals surface area contributed by atoms with E-state index in [4.69, 9.17) is 9.97 Å². The summed E-state index contributed by atoms with van der Waals surface area (Å²) in [4.78, 5) is 9.54. The van der Waals surface area contributed by atoms with Crippen molar-refractivity contribution in [1.82, 2.24) is 9.97 Å². The van der Waals surface area contributed by atoms with Crippen molar-refractivity contribution in [3.63, 3.8) is 0 Å². The van der Waals surface area contributed by atoms with Gasteiger partial charge in [0.2, 0.25) is 0 Å². The molecular weight excluding hydrogens is 893 g/mol. The van der Waals surface area contributed by atoms with Crippen LogP contribution in [0.3, 0.4) is 0 Å². The van der Waals surface area contributed by atoms with E-state index < -0.39 is 0 Å². The van der Waals surface area contributed by atoms with Crippen molar-refractivity contribution in [1.29, 1.82) is 0 Å². The van der Waals surface area contributed by atoms with E-state index in [1.807, 2.05) is 24.8 Å². The van der Waals surface area contributed by atoms with E-state index in [-0.39, 0.29) is 10.8 Å². The van der Waals surface area contributed by atoms with Gasteiger partial charge in [0, 0.05) is 46.7 Å². The Morgan fingerprint density at radius 2 is 0.608 bits per heavy atom. The number of nitrogens with zero attached hydrogens (tertiary/aromatic N) is 2. The van der Waals surface area contributed by atoms with Crippen LogP contribution in [0.4, 0.5) is 0 Å². The van der Waals surface area contributed by atoms with Gasteiger partial charge in [0.15, 0.2) is 0 Å². The van der Waals surface area contributed by atoms with Crippen LogP contribution in [0, 0.1) is 0 Å². The lowest BCUT2D eigenvalue weighted by Crippen LogP contribution is -2.25. The minimum absolute atomic E-state index is 0.0800. The minimum atomic E-state index is 0.0800. The van der Waals surface area contributed by atoms with Crippen molar-refractivity contribution in [2.24, 2.45) is 0 Å². The van der Waals surface area contributed by atoms with Crippen molar-refractivity contribution in [2.75, 3.05) is 0 Å². The highest BCUT2D eigenvalue weighted by Crippen LogP contribution is 2.56. The van der Waals surface area contributed by atoms with Gasteiger partial charge in [-0.15, -0.1) is 0 Å². The zero-order valence-electron chi connectivity index (χ0n) is 46.5. The van der Waals surface area contributed by atoms with Crippen LogP contribution in [0.15, 0.2) is 122 Å². The molecule has 74 heavy (non-hydrogen) atoms. The molecule has 0 unspecified atom stereocenters. The molecule has 0 atom stereocenters. The third kappa shape index (κ3) is 13.7. The van der Waals surface area contributed by atoms with Crippen LogP contribution < -0.4 is 0 Å². The van der Waals surface area contributed by atoms with Crippen molar-refractivity contribution in [3.05, 3.63) is 166 Å². The molecule has 0 radical (unpaired) electrons. The van der Waals surface area contributed by atoms with Gasteiger partial charge >= 0.3 is 0 Å². The fourth-order valence-corrected chi connectivity index (χ4v) is 13.1. The van der Waals surface area contributed by atoms with Gasteiger partial charge in [0.1, 0.15) is 0 Å². The fourth-order valence-electron chi connectivity index (χ4n) is 13.1. The Hall–Kier alpha value is -5.34. The first-order valence-electron chi connectivity index (χ1n) is 30.3. The standard InChI is InChI=1S/C72H92N2/c1-5-9-13-17-21-29-45-71(46-30-22-18-14-10-6-2)67-35-27-25-33-63(67)65-43-41-57(51-69(65)71)37-39-59-49-61(55-73-53-59)62-50-60(54-74-56-62)40-38-58-42-44-66-64-34-26-28-36-68(64)72(70(66)52-58,47-31-23-19-15-11-7-3)48-32-24-20-16-12-8-4/h25-28,33-44,49-56H,5-24,29-32,45-48H2,1-4H3/b39-37+,40-38+. The van der Waals surface area contributed by atoms with E-state index in [0.29, 0.717) is 0 Å². The number of benzene rings is 4. The van der Waals surface area contributed by atoms with E-state index in [1.165, 1.54) is 213 Å². The number of fused-ring (bicyclic) bond motifs is 6. The molecule has 2 nitrogen and oxygen atoms in total. The normalized spacial score (nSPS) is 13.9. The topological polar surface area (TPSA) is 25.8 Å². The van der Waals surface area contributed by atoms with Gasteiger partial charge in [-0.1, -0.05) is 291 Å². The second-order valence-corrected chi connectivity index (χ2v) is 22.6. The predicted molar refractivity (Wildman–Crippen MR) is 323 cm³/mol. The fraction of sp³-hybridized carbons (Fsp3) is 0.472. The number of hydrogen-bond donors (Lipinski definition) is 0. The maximum Gasteiger partial charge on any atom is 0.0347 e. The molecule has 0 amide bonds. The monoisotopic (exact) mass is 985 g/mol. The summed E-state index contributed by atoms with van der Waals surface area (Å²) < 4.78 is 0. The molecule has 2 aromatic heterocycles. The molecule has 0 saturated carbocycles. The van der Waals surface area contributed by atoms with Crippen molar-refractivity contribution < 1.29 is 0 Å². The van der Waals surface area contributed by atoms with Crippen molar-refractivity contribution >= 4 is 24.3 Å². The molecule has 0 fully saturated rings. The molecule has 2 aliphatic rings. The predicted octanol–water partition coefficient (Wildman–Crippen LogP) is 22.0. The Bertz CT molecular complexity index is 2500. The average molecular weight is 986 g/mol. The van der Waals surface area contributed by atoms with Crippen molar-refractivity contribution in [2.45, 2.75) is 218 Å². The Labute approximate surface area is 450 Å². The van der Waals surface area contributed by atoms with E-state index in [1.54, 1.807) is 22.3 Å². The molecule has 0 spiro atoms. The second kappa shape index (κ2) is 28.5. The Balaban J connectivity index is 1.00. The lowest BCUT2D eigenvalue weighted by Gasteiger charge is -2.33. The van der Waals surface area contributed by atoms with Crippen LogP contribution in [0.2, 0.25) is 0 Å². The molecule has 6 aromatic rings. The van der Waals surface area contributed by atoms with Gasteiger partial charge in [-0.05, 0) is 105 Å². The Morgan fingerprint density at radius 1 is 0.297 bits per heavy atom. The molecule has 0 bridgehead atoms. The van der Waals surface area contributed by atoms with Crippen LogP contribution in [0.1, 0.15) is 252 Å². The first-order chi connectivity index (χ1) is 36.5. The summed E-state index contributed by atoms with van der Waals surface area (Å²) in [6.45, 7) is 9.28. The summed E-state index contributed by atoms with van der Waals surface area (Å²) >= 11 is 0. The number of rotatable bonds is 33. The number of unbranched alkanes of at least 4 members (excludes halogenated alkanes) is 20. The quantitative estimate of drug-likeness (QED) is 0.0384. The van der Waals surface area contributed by atoms with E-state index in [9.17, 15) is 0 Å². The van der Waals surface area contributed by atoms with Gasteiger partial charge in [0.05, 0.1) is 0 Å². The van der Waals surface area contributed by atoms with Crippen LogP contribution in [0.5, 0.6) is 0 Å². The van der Waals surface area contributed by atoms with E-state index in [2.05, 4.69) is 149 Å². The smallest absolute Gasteiger partial charge is 0.0347 e. The minimum Gasteiger partial charge on any atom is -0.263 e. The molecule has 2 aliphatic carbocycles. The SMILES string of the molecule is CCCCCCCCC1(CCCCCCCC)c2ccccc2-c2ccc(/C=C/c3cncc(-c4cncc(/C=C/c5ccc6c(c5)C(CCCCCCCC)(CCCCCCCC)c5ccccc5-6)c4)c3)cc21. The summed E-state index contributed by atoms with van der Waals surface area (Å²) in [5, 5.41) is 0. The molecule has 0 N–H and O–H groups in total. The molecule has 390 valence electrons. The average Bonchev–Trinajstić information content (AvgIpc) is 3.88. The Morgan fingerprint density at radius 3 is 0.973 bits per heavy atom. The van der Waals surface area contributed by atoms with E-state index >= 15 is 0 Å². The van der Waals surface area contributed by atoms with Crippen LogP contribution >= 0.6 is 0 Å². The van der Waals surface area contributed by atoms with Gasteiger partial charge in [-0.2, -0.15) is 0 Å². The summed E-state index contributed by atoms with van der Waals surface area (Å²) in [6.07, 6.45) is 54.0. The molecule has 2 heterocycles. The second-order valence-electron chi connectivity index (χ2n) is 22.6. The summed E-state index contributed by atoms with van der Waals surface area (Å²) in [5.41, 5.74) is 19.1. The molecule has 0 saturated heterocycles. The largest absolute Gasteiger partial charge is 0.263 e. The first-order valence-corrected chi connectivity index (χ1v) is 30.3. The molecule has 8 rings (SSSR count). The molecule has 0 aliphatic heterocycles.